The van der Waals surface area contributed by atoms with Crippen molar-refractivity contribution >= 4 is 0 Å². The first kappa shape index (κ1) is 12.1. The molecule has 2 heterocycles. The van der Waals surface area contributed by atoms with E-state index in [4.69, 9.17) is 0 Å². The lowest BCUT2D eigenvalue weighted by molar-refractivity contribution is 0.175. The molecule has 2 fully saturated rings. The Hall–Kier alpha value is -0.930. The molecule has 1 aromatic rings. The monoisotopic (exact) mass is 245 g/mol. The second-order valence-electron chi connectivity index (χ2n) is 5.76. The third kappa shape index (κ3) is 3.53. The van der Waals surface area contributed by atoms with Crippen LogP contribution in [0.2, 0.25) is 0 Å². The number of pyridine rings is 1. The Labute approximate surface area is 110 Å². The molecular formula is C15H23N3. The van der Waals surface area contributed by atoms with E-state index in [2.05, 4.69) is 21.3 Å². The van der Waals surface area contributed by atoms with E-state index >= 15 is 0 Å². The van der Waals surface area contributed by atoms with Crippen LogP contribution in [0.5, 0.6) is 0 Å². The summed E-state index contributed by atoms with van der Waals surface area (Å²) in [5.74, 6) is 0.899. The van der Waals surface area contributed by atoms with Crippen LogP contribution in [-0.2, 0) is 6.54 Å². The Morgan fingerprint density at radius 1 is 1.22 bits per heavy atom. The third-order valence-electron chi connectivity index (χ3n) is 4.11. The molecule has 1 N–H and O–H groups in total. The molecule has 3 nitrogen and oxygen atoms in total. The molecule has 0 aromatic carbocycles. The molecular weight excluding hydrogens is 222 g/mol. The standard InChI is InChI=1S/C15H23N3/c1-2-14(10-16-7-1)12-18-8-5-13(6-9-18)11-17-15-3-4-15/h1-2,7,10,13,15,17H,3-6,8-9,11-12H2. The van der Waals surface area contributed by atoms with Gasteiger partial charge in [0, 0.05) is 25.0 Å². The maximum Gasteiger partial charge on any atom is 0.0312 e. The van der Waals surface area contributed by atoms with Gasteiger partial charge < -0.3 is 5.32 Å². The molecule has 0 radical (unpaired) electrons. The number of nitrogens with zero attached hydrogens (tertiary/aromatic N) is 2. The molecule has 0 bridgehead atoms. The van der Waals surface area contributed by atoms with Gasteiger partial charge in [-0.05, 0) is 62.9 Å². The zero-order chi connectivity index (χ0) is 12.2. The van der Waals surface area contributed by atoms with Gasteiger partial charge in [0.25, 0.3) is 0 Å². The Kier molecular flexibility index (Phi) is 3.91. The minimum atomic E-state index is 0.860. The average Bonchev–Trinajstić information content (AvgIpc) is 3.23. The fraction of sp³-hybridized carbons (Fsp3) is 0.667. The van der Waals surface area contributed by atoms with E-state index in [0.717, 1.165) is 18.5 Å². The van der Waals surface area contributed by atoms with Gasteiger partial charge in [-0.3, -0.25) is 9.88 Å². The van der Waals surface area contributed by atoms with Crippen molar-refractivity contribution in [1.82, 2.24) is 15.2 Å². The first-order valence-electron chi connectivity index (χ1n) is 7.25. The summed E-state index contributed by atoms with van der Waals surface area (Å²) in [6, 6.07) is 5.06. The molecule has 3 rings (SSSR count). The first-order valence-corrected chi connectivity index (χ1v) is 7.25. The summed E-state index contributed by atoms with van der Waals surface area (Å²) in [6.07, 6.45) is 9.33. The fourth-order valence-corrected chi connectivity index (χ4v) is 2.72. The molecule has 0 amide bonds. The highest BCUT2D eigenvalue weighted by atomic mass is 15.1. The molecule has 1 saturated carbocycles. The highest BCUT2D eigenvalue weighted by Crippen LogP contribution is 2.22. The van der Waals surface area contributed by atoms with Crippen LogP contribution in [0.15, 0.2) is 24.5 Å². The van der Waals surface area contributed by atoms with Gasteiger partial charge in [-0.1, -0.05) is 6.07 Å². The van der Waals surface area contributed by atoms with Crippen LogP contribution in [0.25, 0.3) is 0 Å². The molecule has 1 aliphatic heterocycles. The van der Waals surface area contributed by atoms with E-state index in [-0.39, 0.29) is 0 Å². The minimum Gasteiger partial charge on any atom is -0.314 e. The number of aromatic nitrogens is 1. The zero-order valence-corrected chi connectivity index (χ0v) is 11.0. The van der Waals surface area contributed by atoms with E-state index in [9.17, 15) is 0 Å². The summed E-state index contributed by atoms with van der Waals surface area (Å²) in [5, 5.41) is 3.66. The fourth-order valence-electron chi connectivity index (χ4n) is 2.72. The first-order chi connectivity index (χ1) is 8.90. The Morgan fingerprint density at radius 2 is 2.06 bits per heavy atom. The normalized spacial score (nSPS) is 22.2. The summed E-state index contributed by atoms with van der Waals surface area (Å²) < 4.78 is 0. The molecule has 2 aliphatic rings. The summed E-state index contributed by atoms with van der Waals surface area (Å²) in [6.45, 7) is 4.79. The maximum absolute atomic E-state index is 4.18. The van der Waals surface area contributed by atoms with Gasteiger partial charge in [-0.25, -0.2) is 0 Å². The molecule has 18 heavy (non-hydrogen) atoms. The maximum atomic E-state index is 4.18. The van der Waals surface area contributed by atoms with Gasteiger partial charge in [0.15, 0.2) is 0 Å². The van der Waals surface area contributed by atoms with Crippen LogP contribution in [0, 0.1) is 5.92 Å². The third-order valence-corrected chi connectivity index (χ3v) is 4.11. The SMILES string of the molecule is c1cncc(CN2CCC(CNC3CC3)CC2)c1. The molecule has 0 atom stereocenters. The van der Waals surface area contributed by atoms with Crippen molar-refractivity contribution in [3.05, 3.63) is 30.1 Å². The van der Waals surface area contributed by atoms with Gasteiger partial charge in [0.1, 0.15) is 0 Å². The second kappa shape index (κ2) is 5.81. The summed E-state index contributed by atoms with van der Waals surface area (Å²) in [5.41, 5.74) is 1.34. The predicted octanol–water partition coefficient (Wildman–Crippen LogP) is 2.05. The van der Waals surface area contributed by atoms with Gasteiger partial charge in [0.05, 0.1) is 0 Å². The van der Waals surface area contributed by atoms with E-state index in [1.54, 1.807) is 0 Å². The second-order valence-corrected chi connectivity index (χ2v) is 5.76. The molecule has 0 unspecified atom stereocenters. The summed E-state index contributed by atoms with van der Waals surface area (Å²) >= 11 is 0. The van der Waals surface area contributed by atoms with E-state index < -0.39 is 0 Å². The Balaban J connectivity index is 1.39. The number of likely N-dealkylation sites (tertiary alicyclic amines) is 1. The Bertz CT molecular complexity index is 353. The van der Waals surface area contributed by atoms with Crippen molar-refractivity contribution < 1.29 is 0 Å². The quantitative estimate of drug-likeness (QED) is 0.860. The smallest absolute Gasteiger partial charge is 0.0312 e. The number of hydrogen-bond donors (Lipinski definition) is 1. The van der Waals surface area contributed by atoms with Crippen molar-refractivity contribution in [2.45, 2.75) is 38.3 Å². The summed E-state index contributed by atoms with van der Waals surface area (Å²) in [7, 11) is 0. The lowest BCUT2D eigenvalue weighted by Crippen LogP contribution is -2.37. The van der Waals surface area contributed by atoms with Crippen molar-refractivity contribution in [3.63, 3.8) is 0 Å². The van der Waals surface area contributed by atoms with Crippen LogP contribution < -0.4 is 5.32 Å². The number of nitrogens with one attached hydrogen (secondary N) is 1. The van der Waals surface area contributed by atoms with Gasteiger partial charge >= 0.3 is 0 Å². The largest absolute Gasteiger partial charge is 0.314 e. The lowest BCUT2D eigenvalue weighted by Gasteiger charge is -2.32. The van der Waals surface area contributed by atoms with E-state index in [1.165, 1.54) is 50.9 Å². The van der Waals surface area contributed by atoms with Crippen LogP contribution in [0.4, 0.5) is 0 Å². The van der Waals surface area contributed by atoms with Crippen molar-refractivity contribution in [1.29, 1.82) is 0 Å². The van der Waals surface area contributed by atoms with Crippen molar-refractivity contribution in [3.8, 4) is 0 Å². The number of hydrogen-bond acceptors (Lipinski definition) is 3. The molecule has 1 aliphatic carbocycles. The van der Waals surface area contributed by atoms with Crippen LogP contribution in [-0.4, -0.2) is 35.6 Å². The topological polar surface area (TPSA) is 28.2 Å². The molecule has 1 aromatic heterocycles. The molecule has 98 valence electrons. The van der Waals surface area contributed by atoms with E-state index in [1.807, 2.05) is 18.5 Å². The van der Waals surface area contributed by atoms with Crippen LogP contribution in [0.1, 0.15) is 31.2 Å². The Morgan fingerprint density at radius 3 is 2.72 bits per heavy atom. The zero-order valence-electron chi connectivity index (χ0n) is 11.0. The number of rotatable bonds is 5. The highest BCUT2D eigenvalue weighted by molar-refractivity contribution is 5.08. The average molecular weight is 245 g/mol. The lowest BCUT2D eigenvalue weighted by atomic mass is 9.96. The van der Waals surface area contributed by atoms with Crippen LogP contribution >= 0.6 is 0 Å². The number of piperidine rings is 1. The van der Waals surface area contributed by atoms with Crippen molar-refractivity contribution in [2.24, 2.45) is 5.92 Å². The van der Waals surface area contributed by atoms with E-state index in [0.29, 0.717) is 0 Å². The van der Waals surface area contributed by atoms with Crippen molar-refractivity contribution in [2.75, 3.05) is 19.6 Å². The van der Waals surface area contributed by atoms with Crippen LogP contribution in [0.3, 0.4) is 0 Å². The summed E-state index contributed by atoms with van der Waals surface area (Å²) in [4.78, 5) is 6.74. The minimum absolute atomic E-state index is 0.860. The predicted molar refractivity (Wildman–Crippen MR) is 73.3 cm³/mol. The van der Waals surface area contributed by atoms with Gasteiger partial charge in [0.2, 0.25) is 0 Å². The molecule has 3 heteroatoms. The van der Waals surface area contributed by atoms with Gasteiger partial charge in [-0.15, -0.1) is 0 Å². The highest BCUT2D eigenvalue weighted by Gasteiger charge is 2.24. The molecule has 1 saturated heterocycles. The van der Waals surface area contributed by atoms with Gasteiger partial charge in [-0.2, -0.15) is 0 Å². The molecule has 0 spiro atoms.